The molecular weight excluding hydrogens is 289 g/mol. The summed E-state index contributed by atoms with van der Waals surface area (Å²) < 4.78 is 29.7. The molecule has 112 valence electrons. The zero-order valence-electron chi connectivity index (χ0n) is 11.5. The van der Waals surface area contributed by atoms with E-state index in [4.69, 9.17) is 13.9 Å². The van der Waals surface area contributed by atoms with E-state index in [0.717, 1.165) is 0 Å². The summed E-state index contributed by atoms with van der Waals surface area (Å²) in [6.07, 6.45) is 3.98. The molecule has 0 radical (unpaired) electrons. The highest BCUT2D eigenvalue weighted by Gasteiger charge is 2.23. The van der Waals surface area contributed by atoms with Crippen LogP contribution in [-0.4, -0.2) is 21.6 Å². The van der Waals surface area contributed by atoms with Crippen molar-refractivity contribution in [1.29, 1.82) is 0 Å². The van der Waals surface area contributed by atoms with Gasteiger partial charge in [-0.05, 0) is 30.9 Å². The number of oxazole rings is 1. The maximum Gasteiger partial charge on any atom is 0.396 e. The van der Waals surface area contributed by atoms with Crippen LogP contribution in [-0.2, 0) is 0 Å². The van der Waals surface area contributed by atoms with Crippen molar-refractivity contribution in [1.82, 2.24) is 15.0 Å². The van der Waals surface area contributed by atoms with Gasteiger partial charge in [0.05, 0.1) is 12.8 Å². The first-order valence-electron chi connectivity index (χ1n) is 6.97. The highest BCUT2D eigenvalue weighted by atomic mass is 19.1. The van der Waals surface area contributed by atoms with Gasteiger partial charge in [-0.15, -0.1) is 0 Å². The minimum absolute atomic E-state index is 0.0116. The van der Waals surface area contributed by atoms with Crippen LogP contribution in [0.15, 0.2) is 34.9 Å². The molecule has 22 heavy (non-hydrogen) atoms. The van der Waals surface area contributed by atoms with E-state index < -0.39 is 5.82 Å². The number of aromatic nitrogens is 3. The molecule has 1 aromatic carbocycles. The van der Waals surface area contributed by atoms with Crippen LogP contribution in [0.25, 0.3) is 11.2 Å². The summed E-state index contributed by atoms with van der Waals surface area (Å²) in [7, 11) is 0. The van der Waals surface area contributed by atoms with E-state index in [9.17, 15) is 4.39 Å². The van der Waals surface area contributed by atoms with Crippen molar-refractivity contribution < 1.29 is 18.3 Å². The Morgan fingerprint density at radius 3 is 2.91 bits per heavy atom. The van der Waals surface area contributed by atoms with Gasteiger partial charge in [-0.1, -0.05) is 12.1 Å². The Balaban J connectivity index is 1.55. The van der Waals surface area contributed by atoms with Crippen molar-refractivity contribution in [2.24, 2.45) is 5.92 Å². The lowest BCUT2D eigenvalue weighted by molar-refractivity contribution is 0.224. The largest absolute Gasteiger partial charge is 0.450 e. The van der Waals surface area contributed by atoms with Crippen molar-refractivity contribution >= 4 is 11.2 Å². The van der Waals surface area contributed by atoms with E-state index >= 15 is 0 Å². The highest BCUT2D eigenvalue weighted by Crippen LogP contribution is 2.30. The lowest BCUT2D eigenvalue weighted by Gasteiger charge is -2.03. The van der Waals surface area contributed by atoms with Crippen LogP contribution >= 0.6 is 0 Å². The summed E-state index contributed by atoms with van der Waals surface area (Å²) in [5.41, 5.74) is 0.707. The minimum Gasteiger partial charge on any atom is -0.450 e. The van der Waals surface area contributed by atoms with E-state index in [-0.39, 0.29) is 23.6 Å². The Morgan fingerprint density at radius 1 is 1.23 bits per heavy atom. The third-order valence-electron chi connectivity index (χ3n) is 3.29. The molecule has 2 aromatic heterocycles. The van der Waals surface area contributed by atoms with Gasteiger partial charge in [-0.3, -0.25) is 0 Å². The Kier molecular flexibility index (Phi) is 3.10. The molecule has 1 saturated carbocycles. The SMILES string of the molecule is Fc1ccccc1Oc1ncc2nc(OCC3CC3)oc2n1. The number of benzene rings is 1. The average molecular weight is 301 g/mol. The molecule has 0 aliphatic heterocycles. The standard InChI is InChI=1S/C15H12FN3O3/c16-10-3-1-2-4-12(10)21-14-17-7-11-13(19-14)22-15(18-11)20-8-9-5-6-9/h1-4,7,9H,5-6,8H2. The molecule has 4 rings (SSSR count). The molecule has 0 saturated heterocycles. The number of para-hydroxylation sites is 1. The van der Waals surface area contributed by atoms with Gasteiger partial charge in [0, 0.05) is 0 Å². The van der Waals surface area contributed by atoms with Crippen molar-refractivity contribution in [3.8, 4) is 17.8 Å². The van der Waals surface area contributed by atoms with Crippen molar-refractivity contribution in [3.63, 3.8) is 0 Å². The number of rotatable bonds is 5. The van der Waals surface area contributed by atoms with Crippen molar-refractivity contribution in [3.05, 3.63) is 36.3 Å². The van der Waals surface area contributed by atoms with Crippen LogP contribution in [0.3, 0.4) is 0 Å². The summed E-state index contributed by atoms with van der Waals surface area (Å²) in [4.78, 5) is 12.2. The first-order chi connectivity index (χ1) is 10.8. The second kappa shape index (κ2) is 5.25. The van der Waals surface area contributed by atoms with E-state index in [1.807, 2.05) is 0 Å². The second-order valence-corrected chi connectivity index (χ2v) is 5.11. The molecule has 1 aliphatic rings. The fourth-order valence-corrected chi connectivity index (χ4v) is 1.91. The van der Waals surface area contributed by atoms with Crippen LogP contribution in [0.5, 0.6) is 17.8 Å². The molecule has 0 atom stereocenters. The fraction of sp³-hybridized carbons (Fsp3) is 0.267. The summed E-state index contributed by atoms with van der Waals surface area (Å²) in [6.45, 7) is 0.596. The topological polar surface area (TPSA) is 70.3 Å². The van der Waals surface area contributed by atoms with Gasteiger partial charge in [0.2, 0.25) is 0 Å². The van der Waals surface area contributed by atoms with Gasteiger partial charge in [-0.25, -0.2) is 9.37 Å². The van der Waals surface area contributed by atoms with Crippen molar-refractivity contribution in [2.45, 2.75) is 12.8 Å². The Labute approximate surface area is 124 Å². The first kappa shape index (κ1) is 13.0. The Bertz CT molecular complexity index is 817. The molecule has 6 nitrogen and oxygen atoms in total. The molecule has 0 amide bonds. The molecule has 0 unspecified atom stereocenters. The normalized spacial score (nSPS) is 14.2. The van der Waals surface area contributed by atoms with Crippen LogP contribution in [0.2, 0.25) is 0 Å². The maximum absolute atomic E-state index is 13.5. The zero-order valence-corrected chi connectivity index (χ0v) is 11.5. The molecule has 1 aliphatic carbocycles. The van der Waals surface area contributed by atoms with Crippen LogP contribution in [0, 0.1) is 11.7 Å². The minimum atomic E-state index is -0.489. The van der Waals surface area contributed by atoms with E-state index in [2.05, 4.69) is 15.0 Å². The van der Waals surface area contributed by atoms with Crippen LogP contribution in [0.1, 0.15) is 12.8 Å². The predicted octanol–water partition coefficient (Wildman–Crippen LogP) is 3.34. The third-order valence-corrected chi connectivity index (χ3v) is 3.29. The quantitative estimate of drug-likeness (QED) is 0.720. The summed E-state index contributed by atoms with van der Waals surface area (Å²) in [5, 5.41) is 0. The van der Waals surface area contributed by atoms with Gasteiger partial charge in [0.1, 0.15) is 0 Å². The molecule has 7 heteroatoms. The number of fused-ring (bicyclic) bond motifs is 1. The van der Waals surface area contributed by atoms with Gasteiger partial charge in [0.15, 0.2) is 17.1 Å². The molecule has 0 bridgehead atoms. The van der Waals surface area contributed by atoms with Gasteiger partial charge >= 0.3 is 12.1 Å². The number of hydrogen-bond acceptors (Lipinski definition) is 6. The number of hydrogen-bond donors (Lipinski definition) is 0. The van der Waals surface area contributed by atoms with Crippen LogP contribution in [0.4, 0.5) is 4.39 Å². The van der Waals surface area contributed by atoms with E-state index in [1.54, 1.807) is 12.1 Å². The predicted molar refractivity (Wildman–Crippen MR) is 74.3 cm³/mol. The third kappa shape index (κ3) is 2.69. The summed E-state index contributed by atoms with van der Waals surface area (Å²) in [5.74, 6) is 0.157. The van der Waals surface area contributed by atoms with Crippen LogP contribution < -0.4 is 9.47 Å². The Morgan fingerprint density at radius 2 is 2.09 bits per heavy atom. The molecule has 0 N–H and O–H groups in total. The molecular formula is C15H12FN3O3. The van der Waals surface area contributed by atoms with E-state index in [1.165, 1.54) is 31.2 Å². The average Bonchev–Trinajstić information content (AvgIpc) is 3.26. The van der Waals surface area contributed by atoms with Gasteiger partial charge < -0.3 is 13.9 Å². The number of nitrogens with zero attached hydrogens (tertiary/aromatic N) is 3. The van der Waals surface area contributed by atoms with Gasteiger partial charge in [0.25, 0.3) is 5.71 Å². The van der Waals surface area contributed by atoms with E-state index in [0.29, 0.717) is 18.0 Å². The molecule has 0 spiro atoms. The Hall–Kier alpha value is -2.70. The number of halogens is 1. The van der Waals surface area contributed by atoms with Crippen molar-refractivity contribution in [2.75, 3.05) is 6.61 Å². The fourth-order valence-electron chi connectivity index (χ4n) is 1.91. The lowest BCUT2D eigenvalue weighted by Crippen LogP contribution is -1.98. The number of ether oxygens (including phenoxy) is 2. The monoisotopic (exact) mass is 301 g/mol. The van der Waals surface area contributed by atoms with Gasteiger partial charge in [-0.2, -0.15) is 9.97 Å². The zero-order chi connectivity index (χ0) is 14.9. The molecule has 3 aromatic rings. The molecule has 1 fully saturated rings. The molecule has 2 heterocycles. The summed E-state index contributed by atoms with van der Waals surface area (Å²) in [6, 6.07) is 6.02. The second-order valence-electron chi connectivity index (χ2n) is 5.11. The highest BCUT2D eigenvalue weighted by molar-refractivity contribution is 5.67. The lowest BCUT2D eigenvalue weighted by atomic mass is 10.3. The first-order valence-corrected chi connectivity index (χ1v) is 6.97. The summed E-state index contributed by atoms with van der Waals surface area (Å²) >= 11 is 0. The maximum atomic E-state index is 13.5. The smallest absolute Gasteiger partial charge is 0.396 e.